The van der Waals surface area contributed by atoms with Crippen LogP contribution in [0.25, 0.3) is 11.3 Å². The van der Waals surface area contributed by atoms with E-state index in [1.165, 1.54) is 17.2 Å². The molecule has 0 radical (unpaired) electrons. The number of aryl methyl sites for hydroxylation is 1. The van der Waals surface area contributed by atoms with Crippen molar-refractivity contribution in [1.29, 1.82) is 0 Å². The van der Waals surface area contributed by atoms with Crippen LogP contribution in [0.1, 0.15) is 45.0 Å². The Balaban J connectivity index is 1.52. The molecule has 1 aliphatic heterocycles. The number of aromatic nitrogens is 2. The molecule has 1 amide bonds. The molecule has 1 fully saturated rings. The van der Waals surface area contributed by atoms with Gasteiger partial charge in [0.05, 0.1) is 11.5 Å². The fourth-order valence-electron chi connectivity index (χ4n) is 3.81. The highest BCUT2D eigenvalue weighted by molar-refractivity contribution is 6.13. The third-order valence-electron chi connectivity index (χ3n) is 5.56. The maximum absolute atomic E-state index is 13.1. The summed E-state index contributed by atoms with van der Waals surface area (Å²) in [7, 11) is 0. The number of alkyl halides is 3. The molecule has 0 atom stereocenters. The summed E-state index contributed by atoms with van der Waals surface area (Å²) in [5.74, 6) is -1.81. The predicted octanol–water partition coefficient (Wildman–Crippen LogP) is 4.62. The molecular weight excluding hydrogens is 411 g/mol. The van der Waals surface area contributed by atoms with Crippen LogP contribution in [0.5, 0.6) is 0 Å². The molecule has 3 heterocycles. The van der Waals surface area contributed by atoms with Gasteiger partial charge in [-0.2, -0.15) is 13.2 Å². The van der Waals surface area contributed by atoms with Crippen molar-refractivity contribution in [2.24, 2.45) is 5.92 Å². The number of benzene rings is 1. The van der Waals surface area contributed by atoms with Crippen LogP contribution in [-0.2, 0) is 0 Å². The second kappa shape index (κ2) is 8.05. The van der Waals surface area contributed by atoms with E-state index in [1.54, 1.807) is 6.92 Å². The number of ketones is 1. The van der Waals surface area contributed by atoms with Crippen molar-refractivity contribution < 1.29 is 27.3 Å². The maximum Gasteiger partial charge on any atom is 0.391 e. The molecule has 3 aromatic rings. The Kier molecular flexibility index (Phi) is 5.43. The molecule has 0 aliphatic carbocycles. The zero-order valence-electron chi connectivity index (χ0n) is 16.7. The number of rotatable bonds is 4. The number of hydrogen-bond acceptors (Lipinski definition) is 4. The lowest BCUT2D eigenvalue weighted by Crippen LogP contribution is -2.42. The quantitative estimate of drug-likeness (QED) is 0.612. The van der Waals surface area contributed by atoms with E-state index >= 15 is 0 Å². The molecule has 162 valence electrons. The van der Waals surface area contributed by atoms with Crippen LogP contribution in [0.4, 0.5) is 13.2 Å². The minimum absolute atomic E-state index is 0.0220. The number of likely N-dealkylation sites (tertiary alicyclic amines) is 1. The number of nitrogens with zero attached hydrogens (tertiary/aromatic N) is 2. The first-order valence-corrected chi connectivity index (χ1v) is 9.86. The Morgan fingerprint density at radius 3 is 2.48 bits per heavy atom. The Morgan fingerprint density at radius 2 is 1.84 bits per heavy atom. The summed E-state index contributed by atoms with van der Waals surface area (Å²) < 4.78 is 43.8. The number of amides is 1. The van der Waals surface area contributed by atoms with E-state index in [9.17, 15) is 22.8 Å². The Bertz CT molecular complexity index is 1090. The second-order valence-corrected chi connectivity index (χ2v) is 7.57. The molecule has 2 aromatic heterocycles. The largest absolute Gasteiger partial charge is 0.391 e. The Morgan fingerprint density at radius 1 is 1.16 bits per heavy atom. The van der Waals surface area contributed by atoms with Gasteiger partial charge >= 0.3 is 6.18 Å². The predicted molar refractivity (Wildman–Crippen MR) is 106 cm³/mol. The summed E-state index contributed by atoms with van der Waals surface area (Å²) in [6.45, 7) is 1.68. The van der Waals surface area contributed by atoms with E-state index in [4.69, 9.17) is 4.52 Å². The first kappa shape index (κ1) is 20.9. The van der Waals surface area contributed by atoms with E-state index in [2.05, 4.69) is 10.1 Å². The highest BCUT2D eigenvalue weighted by atomic mass is 19.4. The van der Waals surface area contributed by atoms with E-state index in [1.807, 2.05) is 30.3 Å². The van der Waals surface area contributed by atoms with Crippen LogP contribution >= 0.6 is 0 Å². The van der Waals surface area contributed by atoms with Crippen LogP contribution < -0.4 is 0 Å². The first-order valence-electron chi connectivity index (χ1n) is 9.86. The molecule has 1 aliphatic rings. The van der Waals surface area contributed by atoms with Crippen molar-refractivity contribution in [2.45, 2.75) is 25.9 Å². The standard InChI is InChI=1S/C22H20F3N3O3/c1-13-18(19(27-31-13)14-5-3-2-4-6-14)20(29)15-11-17(26-12-15)21(30)28-9-7-16(8-10-28)22(23,24)25/h2-6,11-12,16,26H,7-10H2,1H3. The molecule has 1 aromatic carbocycles. The molecule has 0 unspecified atom stereocenters. The number of nitrogens with one attached hydrogen (secondary N) is 1. The number of piperidine rings is 1. The van der Waals surface area contributed by atoms with Gasteiger partial charge in [-0.3, -0.25) is 9.59 Å². The van der Waals surface area contributed by atoms with Crippen LogP contribution in [0.3, 0.4) is 0 Å². The van der Waals surface area contributed by atoms with Crippen molar-refractivity contribution in [3.8, 4) is 11.3 Å². The number of aromatic amines is 1. The van der Waals surface area contributed by atoms with Gasteiger partial charge in [-0.15, -0.1) is 0 Å². The normalized spacial score (nSPS) is 15.3. The zero-order valence-corrected chi connectivity index (χ0v) is 16.7. The molecule has 31 heavy (non-hydrogen) atoms. The minimum atomic E-state index is -4.24. The molecule has 0 spiro atoms. The molecule has 6 nitrogen and oxygen atoms in total. The fraction of sp³-hybridized carbons (Fsp3) is 0.318. The number of halogens is 3. The van der Waals surface area contributed by atoms with Gasteiger partial charge in [-0.1, -0.05) is 35.5 Å². The molecule has 1 N–H and O–H groups in total. The van der Waals surface area contributed by atoms with Gasteiger partial charge in [0.25, 0.3) is 5.91 Å². The van der Waals surface area contributed by atoms with Crippen molar-refractivity contribution >= 4 is 11.7 Å². The number of H-pyrrole nitrogens is 1. The van der Waals surface area contributed by atoms with Gasteiger partial charge in [0.1, 0.15) is 17.1 Å². The lowest BCUT2D eigenvalue weighted by Gasteiger charge is -2.32. The zero-order chi connectivity index (χ0) is 22.2. The van der Waals surface area contributed by atoms with E-state index in [0.29, 0.717) is 17.0 Å². The average molecular weight is 431 g/mol. The van der Waals surface area contributed by atoms with Crippen molar-refractivity contribution in [1.82, 2.24) is 15.0 Å². The lowest BCUT2D eigenvalue weighted by atomic mass is 9.96. The molecule has 4 rings (SSSR count). The second-order valence-electron chi connectivity index (χ2n) is 7.57. The van der Waals surface area contributed by atoms with Gasteiger partial charge in [0.15, 0.2) is 5.78 Å². The van der Waals surface area contributed by atoms with E-state index in [-0.39, 0.29) is 43.0 Å². The summed E-state index contributed by atoms with van der Waals surface area (Å²) >= 11 is 0. The van der Waals surface area contributed by atoms with E-state index < -0.39 is 18.0 Å². The van der Waals surface area contributed by atoms with Gasteiger partial charge in [-0.05, 0) is 25.8 Å². The van der Waals surface area contributed by atoms with Crippen LogP contribution in [0, 0.1) is 12.8 Å². The van der Waals surface area contributed by atoms with Gasteiger partial charge < -0.3 is 14.4 Å². The molecule has 9 heteroatoms. The van der Waals surface area contributed by atoms with Crippen molar-refractivity contribution in [3.63, 3.8) is 0 Å². The smallest absolute Gasteiger partial charge is 0.360 e. The lowest BCUT2D eigenvalue weighted by molar-refractivity contribution is -0.183. The average Bonchev–Trinajstić information content (AvgIpc) is 3.40. The molecule has 0 saturated carbocycles. The van der Waals surface area contributed by atoms with Gasteiger partial charge in [-0.25, -0.2) is 0 Å². The van der Waals surface area contributed by atoms with Crippen LogP contribution in [-0.4, -0.2) is 46.0 Å². The summed E-state index contributed by atoms with van der Waals surface area (Å²) in [6.07, 6.45) is -3.07. The van der Waals surface area contributed by atoms with Crippen molar-refractivity contribution in [3.05, 3.63) is 65.2 Å². The number of carbonyl (C=O) groups is 2. The monoisotopic (exact) mass is 431 g/mol. The third-order valence-corrected chi connectivity index (χ3v) is 5.56. The highest BCUT2D eigenvalue weighted by Gasteiger charge is 2.42. The molecule has 1 saturated heterocycles. The summed E-state index contributed by atoms with van der Waals surface area (Å²) in [6, 6.07) is 10.5. The molecular formula is C22H20F3N3O3. The van der Waals surface area contributed by atoms with Gasteiger partial charge in [0, 0.05) is 30.4 Å². The number of hydrogen-bond donors (Lipinski definition) is 1. The van der Waals surface area contributed by atoms with E-state index in [0.717, 1.165) is 5.56 Å². The Labute approximate surface area is 176 Å². The Hall–Kier alpha value is -3.36. The van der Waals surface area contributed by atoms with Crippen LogP contribution in [0.15, 0.2) is 47.1 Å². The fourth-order valence-corrected chi connectivity index (χ4v) is 3.81. The summed E-state index contributed by atoms with van der Waals surface area (Å²) in [4.78, 5) is 30.0. The first-order chi connectivity index (χ1) is 14.8. The van der Waals surface area contributed by atoms with Gasteiger partial charge in [0.2, 0.25) is 0 Å². The topological polar surface area (TPSA) is 79.2 Å². The van der Waals surface area contributed by atoms with Crippen molar-refractivity contribution in [2.75, 3.05) is 13.1 Å². The molecule has 0 bridgehead atoms. The summed E-state index contributed by atoms with van der Waals surface area (Å²) in [5.41, 5.74) is 1.84. The third kappa shape index (κ3) is 4.12. The minimum Gasteiger partial charge on any atom is -0.360 e. The number of carbonyl (C=O) groups excluding carboxylic acids is 2. The SMILES string of the molecule is Cc1onc(-c2ccccc2)c1C(=O)c1c[nH]c(C(=O)N2CCC(C(F)(F)F)CC2)c1. The maximum atomic E-state index is 13.1. The highest BCUT2D eigenvalue weighted by Crippen LogP contribution is 2.34. The van der Waals surface area contributed by atoms with Crippen LogP contribution in [0.2, 0.25) is 0 Å². The summed E-state index contributed by atoms with van der Waals surface area (Å²) in [5, 5.41) is 4.00.